The van der Waals surface area contributed by atoms with E-state index in [9.17, 15) is 4.79 Å². The molecule has 1 heterocycles. The lowest BCUT2D eigenvalue weighted by atomic mass is 10.0. The fourth-order valence-corrected chi connectivity index (χ4v) is 2.21. The Balaban J connectivity index is 2.63. The largest absolute Gasteiger partial charge is 0.421 e. The van der Waals surface area contributed by atoms with Crippen LogP contribution in [-0.4, -0.2) is 0 Å². The summed E-state index contributed by atoms with van der Waals surface area (Å²) in [5.74, 6) is 0. The van der Waals surface area contributed by atoms with Crippen LogP contribution in [0.15, 0.2) is 45.6 Å². The first-order chi connectivity index (χ1) is 8.72. The van der Waals surface area contributed by atoms with E-state index in [-0.39, 0.29) is 5.56 Å². The predicted molar refractivity (Wildman–Crippen MR) is 69.4 cm³/mol. The fraction of sp³-hybridized carbons (Fsp3) is 0.0667. The maximum absolute atomic E-state index is 11.7. The highest BCUT2D eigenvalue weighted by Gasteiger charge is 2.12. The molecular formula is C15H9NO2. The van der Waals surface area contributed by atoms with Gasteiger partial charge in [-0.2, -0.15) is 5.26 Å². The number of benzene rings is 2. The van der Waals surface area contributed by atoms with Gasteiger partial charge in [0.1, 0.15) is 17.2 Å². The second-order valence-corrected chi connectivity index (χ2v) is 4.16. The van der Waals surface area contributed by atoms with E-state index in [1.165, 1.54) is 0 Å². The van der Waals surface area contributed by atoms with Crippen LogP contribution >= 0.6 is 0 Å². The van der Waals surface area contributed by atoms with Crippen LogP contribution in [0.1, 0.15) is 11.1 Å². The molecule has 0 saturated carbocycles. The first-order valence-corrected chi connectivity index (χ1v) is 5.57. The normalized spacial score (nSPS) is 10.7. The molecule has 0 amide bonds. The molecule has 3 rings (SSSR count). The molecule has 0 aliphatic heterocycles. The van der Waals surface area contributed by atoms with Crippen molar-refractivity contribution in [1.29, 1.82) is 5.26 Å². The van der Waals surface area contributed by atoms with Crippen LogP contribution < -0.4 is 5.63 Å². The third-order valence-electron chi connectivity index (χ3n) is 3.17. The molecule has 18 heavy (non-hydrogen) atoms. The summed E-state index contributed by atoms with van der Waals surface area (Å²) >= 11 is 0. The standard InChI is InChI=1S/C15H9NO2/c1-9-11-7-6-10-4-2-3-5-12(10)14(11)18-15(17)13(9)8-16/h2-7H,1H3. The summed E-state index contributed by atoms with van der Waals surface area (Å²) in [6.07, 6.45) is 0. The molecule has 3 nitrogen and oxygen atoms in total. The number of nitrogens with zero attached hydrogens (tertiary/aromatic N) is 1. The van der Waals surface area contributed by atoms with Crippen molar-refractivity contribution in [2.75, 3.05) is 0 Å². The highest BCUT2D eigenvalue weighted by Crippen LogP contribution is 2.27. The van der Waals surface area contributed by atoms with E-state index in [0.29, 0.717) is 11.1 Å². The van der Waals surface area contributed by atoms with Crippen molar-refractivity contribution in [3.05, 3.63) is 57.9 Å². The molecule has 3 aromatic rings. The van der Waals surface area contributed by atoms with Crippen molar-refractivity contribution in [3.8, 4) is 6.07 Å². The molecule has 86 valence electrons. The zero-order chi connectivity index (χ0) is 12.7. The van der Waals surface area contributed by atoms with Gasteiger partial charge in [0.2, 0.25) is 0 Å². The van der Waals surface area contributed by atoms with Crippen LogP contribution in [0.25, 0.3) is 21.7 Å². The molecule has 0 radical (unpaired) electrons. The number of nitriles is 1. The Morgan fingerprint density at radius 3 is 2.67 bits per heavy atom. The summed E-state index contributed by atoms with van der Waals surface area (Å²) in [6, 6.07) is 13.4. The molecule has 0 fully saturated rings. The van der Waals surface area contributed by atoms with Crippen molar-refractivity contribution in [3.63, 3.8) is 0 Å². The SMILES string of the molecule is Cc1c(C#N)c(=O)oc2c1ccc1ccccc12. The van der Waals surface area contributed by atoms with Crippen LogP contribution in [0.3, 0.4) is 0 Å². The Morgan fingerprint density at radius 1 is 1.11 bits per heavy atom. The van der Waals surface area contributed by atoms with E-state index in [0.717, 1.165) is 16.2 Å². The second kappa shape index (κ2) is 3.71. The topological polar surface area (TPSA) is 54.0 Å². The number of aryl methyl sites for hydroxylation is 1. The molecule has 2 aromatic carbocycles. The molecular weight excluding hydrogens is 226 g/mol. The first kappa shape index (κ1) is 10.5. The maximum atomic E-state index is 11.7. The van der Waals surface area contributed by atoms with Crippen molar-refractivity contribution in [1.82, 2.24) is 0 Å². The smallest absolute Gasteiger partial charge is 0.354 e. The van der Waals surface area contributed by atoms with Crippen molar-refractivity contribution in [2.24, 2.45) is 0 Å². The molecule has 0 saturated heterocycles. The van der Waals surface area contributed by atoms with Gasteiger partial charge in [-0.3, -0.25) is 0 Å². The van der Waals surface area contributed by atoms with Gasteiger partial charge in [-0.15, -0.1) is 0 Å². The Morgan fingerprint density at radius 2 is 1.89 bits per heavy atom. The lowest BCUT2D eigenvalue weighted by molar-refractivity contribution is 0.560. The third-order valence-corrected chi connectivity index (χ3v) is 3.17. The predicted octanol–water partition coefficient (Wildman–Crippen LogP) is 3.13. The summed E-state index contributed by atoms with van der Waals surface area (Å²) in [5, 5.41) is 11.7. The van der Waals surface area contributed by atoms with Gasteiger partial charge in [-0.25, -0.2) is 4.79 Å². The minimum Gasteiger partial charge on any atom is -0.421 e. The van der Waals surface area contributed by atoms with Crippen LogP contribution in [0, 0.1) is 18.3 Å². The van der Waals surface area contributed by atoms with Gasteiger partial charge in [0.05, 0.1) is 0 Å². The molecule has 0 spiro atoms. The van der Waals surface area contributed by atoms with E-state index in [2.05, 4.69) is 0 Å². The van der Waals surface area contributed by atoms with E-state index in [1.54, 1.807) is 6.92 Å². The van der Waals surface area contributed by atoms with Gasteiger partial charge < -0.3 is 4.42 Å². The van der Waals surface area contributed by atoms with Crippen LogP contribution in [0.2, 0.25) is 0 Å². The van der Waals surface area contributed by atoms with E-state index < -0.39 is 5.63 Å². The summed E-state index contributed by atoms with van der Waals surface area (Å²) in [4.78, 5) is 11.7. The molecule has 3 heteroatoms. The molecule has 0 aliphatic carbocycles. The van der Waals surface area contributed by atoms with Gasteiger partial charge in [-0.1, -0.05) is 36.4 Å². The van der Waals surface area contributed by atoms with Gasteiger partial charge >= 0.3 is 5.63 Å². The summed E-state index contributed by atoms with van der Waals surface area (Å²) in [6.45, 7) is 1.77. The first-order valence-electron chi connectivity index (χ1n) is 5.57. The number of hydrogen-bond acceptors (Lipinski definition) is 3. The average molecular weight is 235 g/mol. The molecule has 0 unspecified atom stereocenters. The highest BCUT2D eigenvalue weighted by molar-refractivity contribution is 6.05. The third kappa shape index (κ3) is 1.33. The average Bonchev–Trinajstić information content (AvgIpc) is 2.39. The Hall–Kier alpha value is -2.60. The van der Waals surface area contributed by atoms with Gasteiger partial charge in [0.15, 0.2) is 0 Å². The Labute approximate surface area is 103 Å². The van der Waals surface area contributed by atoms with E-state index in [1.807, 2.05) is 42.5 Å². The molecule has 0 aliphatic rings. The van der Waals surface area contributed by atoms with Gasteiger partial charge in [0, 0.05) is 10.8 Å². The van der Waals surface area contributed by atoms with Crippen LogP contribution in [0.5, 0.6) is 0 Å². The fourth-order valence-electron chi connectivity index (χ4n) is 2.21. The van der Waals surface area contributed by atoms with Crippen LogP contribution in [0.4, 0.5) is 0 Å². The zero-order valence-corrected chi connectivity index (χ0v) is 9.73. The zero-order valence-electron chi connectivity index (χ0n) is 9.73. The number of rotatable bonds is 0. The molecule has 0 bridgehead atoms. The van der Waals surface area contributed by atoms with Gasteiger partial charge in [0.25, 0.3) is 0 Å². The Kier molecular flexibility index (Phi) is 2.17. The molecule has 0 atom stereocenters. The summed E-state index contributed by atoms with van der Waals surface area (Å²) in [5.41, 5.74) is 0.737. The van der Waals surface area contributed by atoms with Crippen molar-refractivity contribution < 1.29 is 4.42 Å². The molecule has 1 aromatic heterocycles. The number of hydrogen-bond donors (Lipinski definition) is 0. The van der Waals surface area contributed by atoms with Crippen molar-refractivity contribution in [2.45, 2.75) is 6.92 Å². The summed E-state index contributed by atoms with van der Waals surface area (Å²) in [7, 11) is 0. The highest BCUT2D eigenvalue weighted by atomic mass is 16.4. The monoisotopic (exact) mass is 235 g/mol. The van der Waals surface area contributed by atoms with Crippen LogP contribution in [-0.2, 0) is 0 Å². The van der Waals surface area contributed by atoms with Gasteiger partial charge in [-0.05, 0) is 17.9 Å². The van der Waals surface area contributed by atoms with E-state index >= 15 is 0 Å². The minimum absolute atomic E-state index is 0.0813. The number of fused-ring (bicyclic) bond motifs is 3. The lowest BCUT2D eigenvalue weighted by Crippen LogP contribution is -2.06. The maximum Gasteiger partial charge on any atom is 0.354 e. The summed E-state index contributed by atoms with van der Waals surface area (Å²) < 4.78 is 5.30. The van der Waals surface area contributed by atoms with E-state index in [4.69, 9.17) is 9.68 Å². The second-order valence-electron chi connectivity index (χ2n) is 4.16. The van der Waals surface area contributed by atoms with Crippen molar-refractivity contribution >= 4 is 21.7 Å². The minimum atomic E-state index is -0.571. The Bertz CT molecular complexity index is 869. The lowest BCUT2D eigenvalue weighted by Gasteiger charge is -2.05. The molecule has 0 N–H and O–H groups in total. The quantitative estimate of drug-likeness (QED) is 0.444.